The zero-order valence-corrected chi connectivity index (χ0v) is 18.1. The summed E-state index contributed by atoms with van der Waals surface area (Å²) in [6.45, 7) is 1.32. The first kappa shape index (κ1) is 22.0. The van der Waals surface area contributed by atoms with E-state index in [1.807, 2.05) is 30.3 Å². The zero-order valence-electron chi connectivity index (χ0n) is 16.5. The third-order valence-electron chi connectivity index (χ3n) is 4.83. The topological polar surface area (TPSA) is 64.0 Å². The van der Waals surface area contributed by atoms with Crippen LogP contribution in [0.1, 0.15) is 11.1 Å². The summed E-state index contributed by atoms with van der Waals surface area (Å²) in [5.74, 6) is -0.794. The van der Waals surface area contributed by atoms with Crippen LogP contribution in [0.25, 0.3) is 20.7 Å². The Labute approximate surface area is 189 Å². The fourth-order valence-electron chi connectivity index (χ4n) is 3.34. The maximum atomic E-state index is 13.3. The molecule has 0 aliphatic heterocycles. The maximum absolute atomic E-state index is 13.3. The van der Waals surface area contributed by atoms with E-state index in [1.54, 1.807) is 6.92 Å². The van der Waals surface area contributed by atoms with Crippen molar-refractivity contribution in [2.75, 3.05) is 5.32 Å². The fourth-order valence-corrected chi connectivity index (χ4v) is 4.66. The molecule has 2 aromatic carbocycles. The van der Waals surface area contributed by atoms with Crippen molar-refractivity contribution >= 4 is 44.7 Å². The molecule has 0 unspecified atom stereocenters. The van der Waals surface area contributed by atoms with Gasteiger partial charge in [0.15, 0.2) is 0 Å². The van der Waals surface area contributed by atoms with Crippen LogP contribution in [0.4, 0.5) is 18.9 Å². The molecule has 0 saturated heterocycles. The highest BCUT2D eigenvalue weighted by Crippen LogP contribution is 2.37. The number of hydrogen-bond donors (Lipinski definition) is 1. The van der Waals surface area contributed by atoms with Crippen molar-refractivity contribution in [1.29, 1.82) is 0 Å². The Hall–Kier alpha value is -3.17. The average Bonchev–Trinajstić information content (AvgIpc) is 3.08. The van der Waals surface area contributed by atoms with Gasteiger partial charge >= 0.3 is 6.18 Å². The molecule has 164 valence electrons. The minimum atomic E-state index is -4.70. The van der Waals surface area contributed by atoms with E-state index in [2.05, 4.69) is 10.3 Å². The van der Waals surface area contributed by atoms with Crippen LogP contribution in [0.2, 0.25) is 5.02 Å². The highest BCUT2D eigenvalue weighted by molar-refractivity contribution is 7.22. The SMILES string of the molecule is Cc1c(-c2ccccc2)sc2ncn(CC(=O)Nc3ccc(Cl)cc3C(F)(F)F)c(=O)c12. The van der Waals surface area contributed by atoms with Gasteiger partial charge in [0.2, 0.25) is 5.91 Å². The first-order chi connectivity index (χ1) is 15.1. The van der Waals surface area contributed by atoms with Crippen LogP contribution in [-0.4, -0.2) is 15.5 Å². The molecule has 0 spiro atoms. The molecule has 4 aromatic rings. The van der Waals surface area contributed by atoms with Gasteiger partial charge in [0.1, 0.15) is 11.4 Å². The first-order valence-corrected chi connectivity index (χ1v) is 10.5. The molecule has 1 amide bonds. The van der Waals surface area contributed by atoms with Gasteiger partial charge in [-0.05, 0) is 36.2 Å². The molecule has 0 aliphatic carbocycles. The van der Waals surface area contributed by atoms with Crippen molar-refractivity contribution in [2.45, 2.75) is 19.6 Å². The minimum absolute atomic E-state index is 0.108. The van der Waals surface area contributed by atoms with Crippen molar-refractivity contribution in [2.24, 2.45) is 0 Å². The number of nitrogens with one attached hydrogen (secondary N) is 1. The molecule has 4 rings (SSSR count). The molecule has 5 nitrogen and oxygen atoms in total. The first-order valence-electron chi connectivity index (χ1n) is 9.35. The highest BCUT2D eigenvalue weighted by atomic mass is 35.5. The van der Waals surface area contributed by atoms with E-state index in [1.165, 1.54) is 23.7 Å². The standard InChI is InChI=1S/C22H15ClF3N3O2S/c1-12-18-20(32-19(12)13-5-3-2-4-6-13)27-11-29(21(18)31)10-17(30)28-16-8-7-14(23)9-15(16)22(24,25)26/h2-9,11H,10H2,1H3,(H,28,30). The van der Waals surface area contributed by atoms with Crippen LogP contribution in [0.3, 0.4) is 0 Å². The summed E-state index contributed by atoms with van der Waals surface area (Å²) < 4.78 is 40.8. The number of anilines is 1. The summed E-state index contributed by atoms with van der Waals surface area (Å²) in [6.07, 6.45) is -3.48. The lowest BCUT2D eigenvalue weighted by Crippen LogP contribution is -2.28. The Kier molecular flexibility index (Phi) is 5.79. The molecule has 0 radical (unpaired) electrons. The quantitative estimate of drug-likeness (QED) is 0.407. The van der Waals surface area contributed by atoms with Gasteiger partial charge in [0, 0.05) is 9.90 Å². The Bertz CT molecular complexity index is 1380. The zero-order chi connectivity index (χ0) is 23.0. The Balaban J connectivity index is 1.65. The minimum Gasteiger partial charge on any atom is -0.324 e. The number of rotatable bonds is 4. The summed E-state index contributed by atoms with van der Waals surface area (Å²) in [5.41, 5.74) is -0.264. The number of nitrogens with zero attached hydrogens (tertiary/aromatic N) is 2. The largest absolute Gasteiger partial charge is 0.418 e. The average molecular weight is 478 g/mol. The van der Waals surface area contributed by atoms with Gasteiger partial charge in [-0.25, -0.2) is 4.98 Å². The van der Waals surface area contributed by atoms with Gasteiger partial charge in [-0.2, -0.15) is 13.2 Å². The molecule has 10 heteroatoms. The second-order valence-electron chi connectivity index (χ2n) is 7.02. The maximum Gasteiger partial charge on any atom is 0.418 e. The van der Waals surface area contributed by atoms with Crippen LogP contribution < -0.4 is 10.9 Å². The number of halogens is 4. The summed E-state index contributed by atoms with van der Waals surface area (Å²) >= 11 is 7.03. The third-order valence-corrected chi connectivity index (χ3v) is 6.31. The lowest BCUT2D eigenvalue weighted by atomic mass is 10.1. The van der Waals surface area contributed by atoms with Crippen molar-refractivity contribution < 1.29 is 18.0 Å². The van der Waals surface area contributed by atoms with Crippen LogP contribution in [0, 0.1) is 6.92 Å². The van der Waals surface area contributed by atoms with E-state index < -0.39 is 35.4 Å². The van der Waals surface area contributed by atoms with Crippen LogP contribution in [0.5, 0.6) is 0 Å². The second kappa shape index (κ2) is 8.40. The highest BCUT2D eigenvalue weighted by Gasteiger charge is 2.34. The molecular formula is C22H15ClF3N3O2S. The summed E-state index contributed by atoms with van der Waals surface area (Å²) in [6, 6.07) is 12.6. The normalized spacial score (nSPS) is 11.7. The molecule has 2 aromatic heterocycles. The molecule has 32 heavy (non-hydrogen) atoms. The summed E-state index contributed by atoms with van der Waals surface area (Å²) in [4.78, 5) is 31.2. The number of aryl methyl sites for hydroxylation is 1. The van der Waals surface area contributed by atoms with Crippen molar-refractivity contribution in [1.82, 2.24) is 9.55 Å². The smallest absolute Gasteiger partial charge is 0.324 e. The molecule has 0 saturated carbocycles. The lowest BCUT2D eigenvalue weighted by molar-refractivity contribution is -0.137. The van der Waals surface area contributed by atoms with E-state index >= 15 is 0 Å². The summed E-state index contributed by atoms with van der Waals surface area (Å²) in [7, 11) is 0. The Morgan fingerprint density at radius 1 is 1.19 bits per heavy atom. The van der Waals surface area contributed by atoms with Gasteiger partial charge in [-0.1, -0.05) is 41.9 Å². The summed E-state index contributed by atoms with van der Waals surface area (Å²) in [5, 5.41) is 2.48. The number of carbonyl (C=O) groups excluding carboxylic acids is 1. The Morgan fingerprint density at radius 2 is 1.91 bits per heavy atom. The van der Waals surface area contributed by atoms with E-state index in [4.69, 9.17) is 11.6 Å². The van der Waals surface area contributed by atoms with Gasteiger partial charge in [-0.3, -0.25) is 14.2 Å². The van der Waals surface area contributed by atoms with Gasteiger partial charge in [0.25, 0.3) is 5.56 Å². The molecule has 2 heterocycles. The number of aromatic nitrogens is 2. The number of thiophene rings is 1. The number of hydrogen-bond acceptors (Lipinski definition) is 4. The molecular weight excluding hydrogens is 463 g/mol. The van der Waals surface area contributed by atoms with Gasteiger partial charge < -0.3 is 5.32 Å². The van der Waals surface area contributed by atoms with Crippen LogP contribution in [0.15, 0.2) is 59.7 Å². The number of carbonyl (C=O) groups is 1. The van der Waals surface area contributed by atoms with Crippen molar-refractivity contribution in [3.63, 3.8) is 0 Å². The second-order valence-corrected chi connectivity index (χ2v) is 8.45. The van der Waals surface area contributed by atoms with E-state index in [-0.39, 0.29) is 5.02 Å². The van der Waals surface area contributed by atoms with Crippen LogP contribution >= 0.6 is 22.9 Å². The van der Waals surface area contributed by atoms with Crippen molar-refractivity contribution in [3.05, 3.63) is 81.4 Å². The van der Waals surface area contributed by atoms with Crippen LogP contribution in [-0.2, 0) is 17.5 Å². The molecule has 0 aliphatic rings. The molecule has 0 fully saturated rings. The van der Waals surface area contributed by atoms with E-state index in [9.17, 15) is 22.8 Å². The molecule has 0 atom stereocenters. The predicted octanol–water partition coefficient (Wildman–Crippen LogP) is 5.74. The lowest BCUT2D eigenvalue weighted by Gasteiger charge is -2.14. The van der Waals surface area contributed by atoms with Gasteiger partial charge in [-0.15, -0.1) is 11.3 Å². The number of alkyl halides is 3. The fraction of sp³-hybridized carbons (Fsp3) is 0.136. The number of fused-ring (bicyclic) bond motifs is 1. The van der Waals surface area contributed by atoms with Gasteiger partial charge in [0.05, 0.1) is 23.0 Å². The van der Waals surface area contributed by atoms with Crippen molar-refractivity contribution in [3.8, 4) is 10.4 Å². The Morgan fingerprint density at radius 3 is 2.59 bits per heavy atom. The van der Waals surface area contributed by atoms with E-state index in [0.717, 1.165) is 32.7 Å². The predicted molar refractivity (Wildman–Crippen MR) is 119 cm³/mol. The number of amides is 1. The van der Waals surface area contributed by atoms with E-state index in [0.29, 0.717) is 10.2 Å². The number of benzene rings is 2. The third kappa shape index (κ3) is 4.26. The molecule has 0 bridgehead atoms. The monoisotopic (exact) mass is 477 g/mol. The molecule has 1 N–H and O–H groups in total.